The second-order valence-corrected chi connectivity index (χ2v) is 5.24. The molecule has 0 spiro atoms. The molecule has 1 aliphatic carbocycles. The lowest BCUT2D eigenvalue weighted by molar-refractivity contribution is 0.600. The SMILES string of the molecule is Cc1cccc(C2CCCCCC2Cl)c1. The van der Waals surface area contributed by atoms with Crippen molar-refractivity contribution >= 4 is 11.6 Å². The van der Waals surface area contributed by atoms with E-state index >= 15 is 0 Å². The van der Waals surface area contributed by atoms with Gasteiger partial charge in [0.1, 0.15) is 0 Å². The number of alkyl halides is 1. The Bertz CT molecular complexity index is 319. The van der Waals surface area contributed by atoms with Crippen LogP contribution < -0.4 is 0 Å². The van der Waals surface area contributed by atoms with Crippen LogP contribution in [0.1, 0.15) is 49.1 Å². The Kier molecular flexibility index (Phi) is 3.69. The summed E-state index contributed by atoms with van der Waals surface area (Å²) in [4.78, 5) is 0. The first kappa shape index (κ1) is 11.0. The molecule has 0 N–H and O–H groups in total. The van der Waals surface area contributed by atoms with Gasteiger partial charge in [-0.25, -0.2) is 0 Å². The summed E-state index contributed by atoms with van der Waals surface area (Å²) in [6.45, 7) is 2.16. The predicted molar refractivity (Wildman–Crippen MR) is 66.6 cm³/mol. The lowest BCUT2D eigenvalue weighted by Crippen LogP contribution is -2.11. The zero-order valence-electron chi connectivity index (χ0n) is 9.38. The second-order valence-electron chi connectivity index (χ2n) is 4.67. The van der Waals surface area contributed by atoms with E-state index in [1.165, 1.54) is 43.2 Å². The van der Waals surface area contributed by atoms with Crippen LogP contribution in [-0.2, 0) is 0 Å². The van der Waals surface area contributed by atoms with Crippen molar-refractivity contribution in [2.75, 3.05) is 0 Å². The van der Waals surface area contributed by atoms with Crippen LogP contribution >= 0.6 is 11.6 Å². The zero-order valence-corrected chi connectivity index (χ0v) is 10.1. The molecule has 2 unspecified atom stereocenters. The monoisotopic (exact) mass is 222 g/mol. The van der Waals surface area contributed by atoms with E-state index in [2.05, 4.69) is 31.2 Å². The Balaban J connectivity index is 2.20. The summed E-state index contributed by atoms with van der Waals surface area (Å²) in [5.41, 5.74) is 2.79. The van der Waals surface area contributed by atoms with Gasteiger partial charge >= 0.3 is 0 Å². The van der Waals surface area contributed by atoms with Crippen LogP contribution in [0.3, 0.4) is 0 Å². The second kappa shape index (κ2) is 5.03. The maximum Gasteiger partial charge on any atom is 0.0404 e. The van der Waals surface area contributed by atoms with E-state index in [0.717, 1.165) is 0 Å². The third-order valence-electron chi connectivity index (χ3n) is 3.40. The molecule has 0 aromatic heterocycles. The van der Waals surface area contributed by atoms with E-state index in [9.17, 15) is 0 Å². The van der Waals surface area contributed by atoms with Crippen LogP contribution in [0.4, 0.5) is 0 Å². The van der Waals surface area contributed by atoms with E-state index in [1.807, 2.05) is 0 Å². The standard InChI is InChI=1S/C14H19Cl/c1-11-6-5-7-12(10-11)13-8-3-2-4-9-14(13)15/h5-7,10,13-14H,2-4,8-9H2,1H3. The van der Waals surface area contributed by atoms with E-state index < -0.39 is 0 Å². The number of aryl methyl sites for hydroxylation is 1. The summed E-state index contributed by atoms with van der Waals surface area (Å²) in [6.07, 6.45) is 6.43. The maximum absolute atomic E-state index is 6.47. The Morgan fingerprint density at radius 3 is 2.73 bits per heavy atom. The van der Waals surface area contributed by atoms with E-state index in [0.29, 0.717) is 11.3 Å². The molecule has 82 valence electrons. The van der Waals surface area contributed by atoms with Crippen molar-refractivity contribution in [3.05, 3.63) is 35.4 Å². The average molecular weight is 223 g/mol. The van der Waals surface area contributed by atoms with Crippen LogP contribution in [0.15, 0.2) is 24.3 Å². The van der Waals surface area contributed by atoms with Gasteiger partial charge in [-0.2, -0.15) is 0 Å². The smallest absolute Gasteiger partial charge is 0.0404 e. The summed E-state index contributed by atoms with van der Waals surface area (Å²) >= 11 is 6.47. The third-order valence-corrected chi connectivity index (χ3v) is 3.92. The fourth-order valence-corrected chi connectivity index (χ4v) is 2.96. The molecule has 0 bridgehead atoms. The third kappa shape index (κ3) is 2.75. The van der Waals surface area contributed by atoms with Crippen molar-refractivity contribution in [1.82, 2.24) is 0 Å². The fraction of sp³-hybridized carbons (Fsp3) is 0.571. The highest BCUT2D eigenvalue weighted by atomic mass is 35.5. The van der Waals surface area contributed by atoms with Gasteiger partial charge in [-0.3, -0.25) is 0 Å². The minimum Gasteiger partial charge on any atom is -0.122 e. The van der Waals surface area contributed by atoms with E-state index in [-0.39, 0.29) is 0 Å². The van der Waals surface area contributed by atoms with Crippen LogP contribution in [0.5, 0.6) is 0 Å². The molecule has 0 aliphatic heterocycles. The summed E-state index contributed by atoms with van der Waals surface area (Å²) < 4.78 is 0. The van der Waals surface area contributed by atoms with Gasteiger partial charge in [0, 0.05) is 11.3 Å². The predicted octanol–water partition coefficient (Wildman–Crippen LogP) is 4.65. The highest BCUT2D eigenvalue weighted by Crippen LogP contribution is 2.35. The Morgan fingerprint density at radius 1 is 1.13 bits per heavy atom. The summed E-state index contributed by atoms with van der Waals surface area (Å²) in [5, 5.41) is 0.342. The molecule has 0 nitrogen and oxygen atoms in total. The number of hydrogen-bond donors (Lipinski definition) is 0. The van der Waals surface area contributed by atoms with Crippen LogP contribution in [0, 0.1) is 6.92 Å². The number of benzene rings is 1. The normalized spacial score (nSPS) is 27.3. The molecule has 1 aromatic rings. The Morgan fingerprint density at radius 2 is 1.93 bits per heavy atom. The van der Waals surface area contributed by atoms with Crippen molar-refractivity contribution in [3.8, 4) is 0 Å². The largest absolute Gasteiger partial charge is 0.122 e. The lowest BCUT2D eigenvalue weighted by atomic mass is 9.90. The summed E-state index contributed by atoms with van der Waals surface area (Å²) in [7, 11) is 0. The summed E-state index contributed by atoms with van der Waals surface area (Å²) in [5.74, 6) is 0.578. The zero-order chi connectivity index (χ0) is 10.7. The number of rotatable bonds is 1. The van der Waals surface area contributed by atoms with Crippen molar-refractivity contribution < 1.29 is 0 Å². The van der Waals surface area contributed by atoms with Crippen LogP contribution in [-0.4, -0.2) is 5.38 Å². The first-order valence-electron chi connectivity index (χ1n) is 5.98. The van der Waals surface area contributed by atoms with Gasteiger partial charge in [0.2, 0.25) is 0 Å². The molecule has 1 heteroatoms. The molecule has 2 atom stereocenters. The van der Waals surface area contributed by atoms with Crippen molar-refractivity contribution in [2.45, 2.75) is 50.3 Å². The molecule has 1 saturated carbocycles. The molecule has 2 rings (SSSR count). The van der Waals surface area contributed by atoms with Crippen LogP contribution in [0.25, 0.3) is 0 Å². The maximum atomic E-state index is 6.47. The van der Waals surface area contributed by atoms with Crippen molar-refractivity contribution in [2.24, 2.45) is 0 Å². The van der Waals surface area contributed by atoms with E-state index in [4.69, 9.17) is 11.6 Å². The topological polar surface area (TPSA) is 0 Å². The molecule has 1 aromatic carbocycles. The Hall–Kier alpha value is -0.490. The van der Waals surface area contributed by atoms with Gasteiger partial charge in [-0.1, -0.05) is 49.1 Å². The minimum absolute atomic E-state index is 0.342. The summed E-state index contributed by atoms with van der Waals surface area (Å²) in [6, 6.07) is 8.84. The Labute approximate surface area is 97.6 Å². The highest BCUT2D eigenvalue weighted by Gasteiger charge is 2.22. The highest BCUT2D eigenvalue weighted by molar-refractivity contribution is 6.21. The molecule has 0 heterocycles. The number of halogens is 1. The molecule has 1 aliphatic rings. The molecule has 15 heavy (non-hydrogen) atoms. The molecule has 0 radical (unpaired) electrons. The van der Waals surface area contributed by atoms with Gasteiger partial charge < -0.3 is 0 Å². The molecular weight excluding hydrogens is 204 g/mol. The molecule has 0 amide bonds. The quantitative estimate of drug-likeness (QED) is 0.479. The molecule has 0 saturated heterocycles. The first-order valence-corrected chi connectivity index (χ1v) is 6.41. The first-order chi connectivity index (χ1) is 7.27. The fourth-order valence-electron chi connectivity index (χ4n) is 2.54. The van der Waals surface area contributed by atoms with Gasteiger partial charge in [-0.15, -0.1) is 11.6 Å². The van der Waals surface area contributed by atoms with Crippen molar-refractivity contribution in [3.63, 3.8) is 0 Å². The van der Waals surface area contributed by atoms with Crippen LogP contribution in [0.2, 0.25) is 0 Å². The van der Waals surface area contributed by atoms with Gasteiger partial charge in [-0.05, 0) is 25.3 Å². The molecular formula is C14H19Cl. The molecule has 1 fully saturated rings. The average Bonchev–Trinajstić information content (AvgIpc) is 2.43. The minimum atomic E-state index is 0.342. The number of hydrogen-bond acceptors (Lipinski definition) is 0. The van der Waals surface area contributed by atoms with Crippen molar-refractivity contribution in [1.29, 1.82) is 0 Å². The lowest BCUT2D eigenvalue weighted by Gasteiger charge is -2.20. The van der Waals surface area contributed by atoms with Gasteiger partial charge in [0.05, 0.1) is 0 Å². The van der Waals surface area contributed by atoms with Gasteiger partial charge in [0.15, 0.2) is 0 Å². The van der Waals surface area contributed by atoms with E-state index in [1.54, 1.807) is 0 Å². The van der Waals surface area contributed by atoms with Gasteiger partial charge in [0.25, 0.3) is 0 Å².